The molecule has 7 heteroatoms. The maximum atomic E-state index is 12.2. The van der Waals surface area contributed by atoms with Crippen LogP contribution in [0.25, 0.3) is 0 Å². The van der Waals surface area contributed by atoms with Gasteiger partial charge in [0, 0.05) is 6.07 Å². The van der Waals surface area contributed by atoms with E-state index < -0.39 is 10.7 Å². The second-order valence-corrected chi connectivity index (χ2v) is 4.98. The van der Waals surface area contributed by atoms with Crippen LogP contribution in [0.3, 0.4) is 0 Å². The number of furan rings is 1. The predicted molar refractivity (Wildman–Crippen MR) is 70.6 cm³/mol. The lowest BCUT2D eigenvalue weighted by Crippen LogP contribution is -2.04. The van der Waals surface area contributed by atoms with Crippen LogP contribution in [-0.4, -0.2) is 10.7 Å². The second-order valence-electron chi connectivity index (χ2n) is 3.33. The molecule has 0 fully saturated rings. The number of carbonyl (C=O) groups excluding carboxylic acids is 1. The number of hydrogen-bond acceptors (Lipinski definition) is 4. The summed E-state index contributed by atoms with van der Waals surface area (Å²) in [6.07, 6.45) is 1.34. The third-order valence-corrected chi connectivity index (χ3v) is 4.14. The fraction of sp³-hybridized carbons (Fsp3) is 0. The largest absolute Gasteiger partial charge is 0.458 e. The Kier molecular flexibility index (Phi) is 3.63. The maximum Gasteiger partial charge on any atom is 0.280 e. The highest BCUT2D eigenvalue weighted by atomic mass is 79.9. The van der Waals surface area contributed by atoms with Gasteiger partial charge in [-0.1, -0.05) is 12.1 Å². The number of benzene rings is 1. The normalized spacial score (nSPS) is 10.3. The fourth-order valence-corrected chi connectivity index (χ4v) is 2.06. The Morgan fingerprint density at radius 3 is 2.50 bits per heavy atom. The van der Waals surface area contributed by atoms with Gasteiger partial charge in [-0.05, 0) is 37.9 Å². The van der Waals surface area contributed by atoms with Gasteiger partial charge in [-0.25, -0.2) is 0 Å². The van der Waals surface area contributed by atoms with E-state index in [-0.39, 0.29) is 17.0 Å². The first kappa shape index (κ1) is 13.0. The molecule has 2 rings (SSSR count). The lowest BCUT2D eigenvalue weighted by Gasteiger charge is -2.00. The number of ketones is 1. The summed E-state index contributed by atoms with van der Waals surface area (Å²) in [7, 11) is 0. The van der Waals surface area contributed by atoms with Crippen LogP contribution in [0.4, 0.5) is 5.69 Å². The first-order valence-electron chi connectivity index (χ1n) is 4.73. The molecule has 0 aliphatic heterocycles. The van der Waals surface area contributed by atoms with Crippen molar-refractivity contribution < 1.29 is 14.1 Å². The molecular formula is C11H5Br2NO4. The van der Waals surface area contributed by atoms with E-state index in [1.54, 1.807) is 6.07 Å². The van der Waals surface area contributed by atoms with Crippen LogP contribution in [-0.2, 0) is 0 Å². The average molecular weight is 375 g/mol. The van der Waals surface area contributed by atoms with E-state index in [1.165, 1.54) is 24.5 Å². The molecule has 0 unspecified atom stereocenters. The van der Waals surface area contributed by atoms with Crippen molar-refractivity contribution in [1.82, 2.24) is 0 Å². The van der Waals surface area contributed by atoms with Crippen molar-refractivity contribution in [2.24, 2.45) is 0 Å². The van der Waals surface area contributed by atoms with E-state index >= 15 is 0 Å². The van der Waals surface area contributed by atoms with Crippen molar-refractivity contribution in [3.05, 3.63) is 60.9 Å². The summed E-state index contributed by atoms with van der Waals surface area (Å²) < 4.78 is 6.09. The Morgan fingerprint density at radius 2 is 1.94 bits per heavy atom. The minimum absolute atomic E-state index is 0.00921. The highest BCUT2D eigenvalue weighted by Crippen LogP contribution is 2.31. The van der Waals surface area contributed by atoms with Crippen molar-refractivity contribution in [3.63, 3.8) is 0 Å². The number of nitrogens with zero attached hydrogens (tertiary/aromatic N) is 1. The Balaban J connectivity index is 2.53. The number of carbonyl (C=O) groups is 1. The maximum absolute atomic E-state index is 12.2. The first-order chi connectivity index (χ1) is 8.52. The lowest BCUT2D eigenvalue weighted by atomic mass is 10.1. The van der Waals surface area contributed by atoms with Crippen molar-refractivity contribution >= 4 is 43.3 Å². The highest BCUT2D eigenvalue weighted by molar-refractivity contribution is 9.13. The molecule has 0 amide bonds. The van der Waals surface area contributed by atoms with Crippen LogP contribution < -0.4 is 0 Å². The number of halogens is 2. The van der Waals surface area contributed by atoms with Gasteiger partial charge in [0.2, 0.25) is 5.78 Å². The third kappa shape index (κ3) is 2.23. The number of nitro benzene ring substituents is 1. The molecular weight excluding hydrogens is 370 g/mol. The number of hydrogen-bond donors (Lipinski definition) is 0. The predicted octanol–water partition coefficient (Wildman–Crippen LogP) is 3.94. The van der Waals surface area contributed by atoms with Crippen molar-refractivity contribution in [2.45, 2.75) is 0 Å². The number of nitro groups is 1. The quantitative estimate of drug-likeness (QED) is 0.463. The molecule has 1 heterocycles. The molecule has 0 N–H and O–H groups in total. The van der Waals surface area contributed by atoms with E-state index in [4.69, 9.17) is 4.42 Å². The number of para-hydroxylation sites is 1. The van der Waals surface area contributed by atoms with Crippen LogP contribution in [0, 0.1) is 10.1 Å². The van der Waals surface area contributed by atoms with Crippen LogP contribution in [0.2, 0.25) is 0 Å². The molecule has 0 radical (unpaired) electrons. The summed E-state index contributed by atoms with van der Waals surface area (Å²) in [4.78, 5) is 22.4. The zero-order chi connectivity index (χ0) is 13.3. The summed E-state index contributed by atoms with van der Waals surface area (Å²) in [6, 6.07) is 5.73. The van der Waals surface area contributed by atoms with Gasteiger partial charge in [0.25, 0.3) is 5.69 Å². The minimum Gasteiger partial charge on any atom is -0.458 e. The SMILES string of the molecule is O=C(c1ccccc1[N+](=O)[O-])c1occ(Br)c1Br. The van der Waals surface area contributed by atoms with Gasteiger partial charge in [-0.2, -0.15) is 0 Å². The summed E-state index contributed by atoms with van der Waals surface area (Å²) in [5, 5.41) is 10.8. The van der Waals surface area contributed by atoms with Crippen molar-refractivity contribution in [2.75, 3.05) is 0 Å². The van der Waals surface area contributed by atoms with E-state index in [0.29, 0.717) is 8.95 Å². The van der Waals surface area contributed by atoms with E-state index in [9.17, 15) is 14.9 Å². The summed E-state index contributed by atoms with van der Waals surface area (Å²) in [6.45, 7) is 0. The van der Waals surface area contributed by atoms with Gasteiger partial charge in [0.05, 0.1) is 13.9 Å². The zero-order valence-electron chi connectivity index (χ0n) is 8.72. The Hall–Kier alpha value is -1.47. The van der Waals surface area contributed by atoms with E-state index in [0.717, 1.165) is 0 Å². The summed E-state index contributed by atoms with van der Waals surface area (Å²) in [5.41, 5.74) is -0.257. The lowest BCUT2D eigenvalue weighted by molar-refractivity contribution is -0.385. The monoisotopic (exact) mass is 373 g/mol. The minimum atomic E-state index is -0.598. The molecule has 1 aromatic heterocycles. The van der Waals surface area contributed by atoms with Crippen LogP contribution in [0.15, 0.2) is 43.9 Å². The first-order valence-corrected chi connectivity index (χ1v) is 6.31. The average Bonchev–Trinajstić information content (AvgIpc) is 2.69. The molecule has 18 heavy (non-hydrogen) atoms. The number of rotatable bonds is 3. The molecule has 1 aromatic carbocycles. The molecule has 0 bridgehead atoms. The molecule has 0 aliphatic carbocycles. The standard InChI is InChI=1S/C11H5Br2NO4/c12-7-5-18-11(9(7)13)10(15)6-3-1-2-4-8(6)14(16)17/h1-5H. The Labute approximate surface area is 118 Å². The smallest absolute Gasteiger partial charge is 0.280 e. The molecule has 92 valence electrons. The van der Waals surface area contributed by atoms with Gasteiger partial charge >= 0.3 is 0 Å². The fourth-order valence-electron chi connectivity index (χ4n) is 1.42. The van der Waals surface area contributed by atoms with Gasteiger partial charge in [0.1, 0.15) is 11.8 Å². The van der Waals surface area contributed by atoms with Crippen LogP contribution in [0.1, 0.15) is 16.1 Å². The van der Waals surface area contributed by atoms with Gasteiger partial charge in [0.15, 0.2) is 5.76 Å². The molecule has 2 aromatic rings. The topological polar surface area (TPSA) is 73.3 Å². The highest BCUT2D eigenvalue weighted by Gasteiger charge is 2.25. The van der Waals surface area contributed by atoms with E-state index in [2.05, 4.69) is 31.9 Å². The second kappa shape index (κ2) is 5.03. The van der Waals surface area contributed by atoms with Gasteiger partial charge < -0.3 is 4.42 Å². The van der Waals surface area contributed by atoms with Crippen LogP contribution in [0.5, 0.6) is 0 Å². The molecule has 0 saturated carbocycles. The van der Waals surface area contributed by atoms with Crippen LogP contribution >= 0.6 is 31.9 Å². The Bertz CT molecular complexity index is 636. The zero-order valence-corrected chi connectivity index (χ0v) is 11.9. The third-order valence-electron chi connectivity index (χ3n) is 2.24. The van der Waals surface area contributed by atoms with Gasteiger partial charge in [-0.15, -0.1) is 0 Å². The van der Waals surface area contributed by atoms with Crippen molar-refractivity contribution in [1.29, 1.82) is 0 Å². The summed E-state index contributed by atoms with van der Waals surface area (Å²) in [5.74, 6) is -0.518. The molecule has 0 spiro atoms. The van der Waals surface area contributed by atoms with Crippen molar-refractivity contribution in [3.8, 4) is 0 Å². The molecule has 0 atom stereocenters. The van der Waals surface area contributed by atoms with E-state index in [1.807, 2.05) is 0 Å². The van der Waals surface area contributed by atoms with Gasteiger partial charge in [-0.3, -0.25) is 14.9 Å². The summed E-state index contributed by atoms with van der Waals surface area (Å²) >= 11 is 6.36. The molecule has 0 saturated heterocycles. The molecule has 0 aliphatic rings. The molecule has 5 nitrogen and oxygen atoms in total. The Morgan fingerprint density at radius 1 is 1.28 bits per heavy atom.